The maximum atomic E-state index is 5.85. The van der Waals surface area contributed by atoms with Gasteiger partial charge in [-0.3, -0.25) is 4.98 Å². The van der Waals surface area contributed by atoms with E-state index in [1.54, 1.807) is 13.4 Å². The number of benzene rings is 1. The average Bonchev–Trinajstić information content (AvgIpc) is 3.54. The second-order valence-corrected chi connectivity index (χ2v) is 8.57. The van der Waals surface area contributed by atoms with Crippen LogP contribution in [0.15, 0.2) is 77.5 Å². The van der Waals surface area contributed by atoms with Crippen molar-refractivity contribution < 1.29 is 9.15 Å². The Balaban J connectivity index is 1.61. The van der Waals surface area contributed by atoms with Gasteiger partial charge in [-0.1, -0.05) is 6.07 Å². The smallest absolute Gasteiger partial charge is 0.174 e. The summed E-state index contributed by atoms with van der Waals surface area (Å²) < 4.78 is 13.3. The van der Waals surface area contributed by atoms with E-state index in [2.05, 4.69) is 39.7 Å². The summed E-state index contributed by atoms with van der Waals surface area (Å²) in [7, 11) is 1.67. The molecule has 168 valence electrons. The summed E-state index contributed by atoms with van der Waals surface area (Å²) >= 11 is 5.85. The molecule has 33 heavy (non-hydrogen) atoms. The number of methoxy groups -OCH3 is 1. The molecule has 1 saturated heterocycles. The summed E-state index contributed by atoms with van der Waals surface area (Å²) in [5.41, 5.74) is 5.52. The first-order valence-corrected chi connectivity index (χ1v) is 11.3. The normalized spacial score (nSPS) is 17.9. The number of rotatable bonds is 6. The third-order valence-electron chi connectivity index (χ3n) is 6.27. The molecule has 5 rings (SSSR count). The van der Waals surface area contributed by atoms with Crippen LogP contribution in [0, 0.1) is 13.8 Å². The van der Waals surface area contributed by atoms with Gasteiger partial charge in [0.25, 0.3) is 0 Å². The molecule has 4 aromatic rings. The number of nitrogens with zero attached hydrogens (tertiary/aromatic N) is 3. The molecule has 2 atom stereocenters. The summed E-state index contributed by atoms with van der Waals surface area (Å²) in [5, 5.41) is 4.21. The minimum atomic E-state index is -0.0848. The zero-order chi connectivity index (χ0) is 22.9. The number of anilines is 1. The van der Waals surface area contributed by atoms with E-state index in [-0.39, 0.29) is 12.1 Å². The summed E-state index contributed by atoms with van der Waals surface area (Å²) in [6, 6.07) is 20.0. The molecule has 7 heteroatoms. The monoisotopic (exact) mass is 458 g/mol. The van der Waals surface area contributed by atoms with E-state index >= 15 is 0 Å². The maximum Gasteiger partial charge on any atom is 0.174 e. The van der Waals surface area contributed by atoms with Gasteiger partial charge < -0.3 is 23.9 Å². The van der Waals surface area contributed by atoms with E-state index in [9.17, 15) is 0 Å². The van der Waals surface area contributed by atoms with Gasteiger partial charge >= 0.3 is 0 Å². The lowest BCUT2D eigenvalue weighted by Crippen LogP contribution is -2.29. The average molecular weight is 459 g/mol. The second-order valence-electron chi connectivity index (χ2n) is 8.19. The van der Waals surface area contributed by atoms with Crippen molar-refractivity contribution in [3.8, 4) is 5.75 Å². The molecule has 3 aromatic heterocycles. The molecule has 0 unspecified atom stereocenters. The van der Waals surface area contributed by atoms with Crippen molar-refractivity contribution in [1.29, 1.82) is 0 Å². The molecule has 0 radical (unpaired) electrons. The summed E-state index contributed by atoms with van der Waals surface area (Å²) in [6.45, 7) is 4.98. The molecule has 1 N–H and O–H groups in total. The van der Waals surface area contributed by atoms with Gasteiger partial charge in [0.15, 0.2) is 5.11 Å². The Morgan fingerprint density at radius 1 is 1.09 bits per heavy atom. The van der Waals surface area contributed by atoms with E-state index in [0.29, 0.717) is 11.7 Å². The van der Waals surface area contributed by atoms with Crippen LogP contribution < -0.4 is 15.0 Å². The molecule has 6 nitrogen and oxygen atoms in total. The molecule has 0 aliphatic carbocycles. The standard InChI is InChI=1S/C26H26N4O2S/c1-17-15-22(18(2)29(17)16-21-7-6-14-32-21)25-24(23-8-4-5-13-27-23)28-26(33)30(25)19-9-11-20(31-3)12-10-19/h4-15,24-25H,16H2,1-3H3,(H,28,33)/t24-,25+/m1/s1. The fraction of sp³-hybridized carbons (Fsp3) is 0.231. The third-order valence-corrected chi connectivity index (χ3v) is 6.59. The Hall–Kier alpha value is -3.58. The molecule has 4 heterocycles. The molecule has 1 fully saturated rings. The van der Waals surface area contributed by atoms with E-state index in [1.807, 2.05) is 60.8 Å². The molecule has 0 bridgehead atoms. The second kappa shape index (κ2) is 8.75. The number of hydrogen-bond acceptors (Lipinski definition) is 4. The van der Waals surface area contributed by atoms with Gasteiger partial charge in [-0.15, -0.1) is 0 Å². The first-order chi connectivity index (χ1) is 16.1. The molecule has 0 saturated carbocycles. The highest BCUT2D eigenvalue weighted by Gasteiger charge is 2.42. The van der Waals surface area contributed by atoms with Gasteiger partial charge in [-0.05, 0) is 86.2 Å². The fourth-order valence-electron chi connectivity index (χ4n) is 4.62. The predicted molar refractivity (Wildman–Crippen MR) is 133 cm³/mol. The van der Waals surface area contributed by atoms with E-state index in [4.69, 9.17) is 21.4 Å². The van der Waals surface area contributed by atoms with Crippen LogP contribution in [-0.2, 0) is 6.54 Å². The largest absolute Gasteiger partial charge is 0.497 e. The van der Waals surface area contributed by atoms with E-state index in [0.717, 1.165) is 22.9 Å². The molecule has 1 aromatic carbocycles. The SMILES string of the molecule is COc1ccc(N2C(=S)N[C@H](c3ccccn3)[C@@H]2c2cc(C)n(Cc3ccco3)c2C)cc1. The van der Waals surface area contributed by atoms with Crippen molar-refractivity contribution in [3.05, 3.63) is 102 Å². The van der Waals surface area contributed by atoms with Gasteiger partial charge in [-0.2, -0.15) is 0 Å². The van der Waals surface area contributed by atoms with Crippen LogP contribution >= 0.6 is 12.2 Å². The minimum Gasteiger partial charge on any atom is -0.497 e. The number of aryl methyl sites for hydroxylation is 1. The Morgan fingerprint density at radius 2 is 1.91 bits per heavy atom. The lowest BCUT2D eigenvalue weighted by atomic mass is 9.96. The Labute approximate surface area is 198 Å². The highest BCUT2D eigenvalue weighted by atomic mass is 32.1. The quantitative estimate of drug-likeness (QED) is 0.394. The van der Waals surface area contributed by atoms with Crippen molar-refractivity contribution in [2.45, 2.75) is 32.5 Å². The molecule has 0 amide bonds. The van der Waals surface area contributed by atoms with Crippen molar-refractivity contribution in [1.82, 2.24) is 14.9 Å². The summed E-state index contributed by atoms with van der Waals surface area (Å²) in [6.07, 6.45) is 3.54. The third kappa shape index (κ3) is 3.89. The molecule has 1 aliphatic rings. The van der Waals surface area contributed by atoms with Gasteiger partial charge in [0, 0.05) is 23.3 Å². The van der Waals surface area contributed by atoms with Crippen molar-refractivity contribution >= 4 is 23.0 Å². The van der Waals surface area contributed by atoms with Crippen LogP contribution in [0.3, 0.4) is 0 Å². The number of nitrogens with one attached hydrogen (secondary N) is 1. The first-order valence-electron chi connectivity index (χ1n) is 10.9. The van der Waals surface area contributed by atoms with Crippen LogP contribution in [0.2, 0.25) is 0 Å². The number of furan rings is 1. The van der Waals surface area contributed by atoms with Gasteiger partial charge in [0.2, 0.25) is 0 Å². The zero-order valence-electron chi connectivity index (χ0n) is 18.9. The zero-order valence-corrected chi connectivity index (χ0v) is 19.7. The predicted octanol–water partition coefficient (Wildman–Crippen LogP) is 5.33. The Bertz CT molecular complexity index is 1250. The molecule has 1 aliphatic heterocycles. The van der Waals surface area contributed by atoms with Crippen LogP contribution in [0.4, 0.5) is 5.69 Å². The summed E-state index contributed by atoms with van der Waals surface area (Å²) in [5.74, 6) is 1.74. The van der Waals surface area contributed by atoms with Crippen molar-refractivity contribution in [2.75, 3.05) is 12.0 Å². The number of pyridine rings is 1. The Kier molecular flexibility index (Phi) is 5.64. The van der Waals surface area contributed by atoms with Crippen LogP contribution in [0.25, 0.3) is 0 Å². The molecule has 0 spiro atoms. The highest BCUT2D eigenvalue weighted by Crippen LogP contribution is 2.43. The highest BCUT2D eigenvalue weighted by molar-refractivity contribution is 7.80. The van der Waals surface area contributed by atoms with Gasteiger partial charge in [0.05, 0.1) is 37.7 Å². The van der Waals surface area contributed by atoms with Crippen molar-refractivity contribution in [3.63, 3.8) is 0 Å². The summed E-state index contributed by atoms with van der Waals surface area (Å²) in [4.78, 5) is 6.84. The lowest BCUT2D eigenvalue weighted by Gasteiger charge is -2.28. The topological polar surface area (TPSA) is 55.5 Å². The van der Waals surface area contributed by atoms with E-state index in [1.165, 1.54) is 17.0 Å². The maximum absolute atomic E-state index is 5.85. The fourth-order valence-corrected chi connectivity index (χ4v) is 4.97. The van der Waals surface area contributed by atoms with E-state index < -0.39 is 0 Å². The van der Waals surface area contributed by atoms with Crippen LogP contribution in [0.1, 0.15) is 40.5 Å². The lowest BCUT2D eigenvalue weighted by molar-refractivity contribution is 0.415. The molecular weight excluding hydrogens is 432 g/mol. The van der Waals surface area contributed by atoms with Gasteiger partial charge in [-0.25, -0.2) is 0 Å². The number of aromatic nitrogens is 2. The minimum absolute atomic E-state index is 0.0580. The van der Waals surface area contributed by atoms with Gasteiger partial charge in [0.1, 0.15) is 11.5 Å². The van der Waals surface area contributed by atoms with Crippen molar-refractivity contribution in [2.24, 2.45) is 0 Å². The van der Waals surface area contributed by atoms with Crippen LogP contribution in [-0.4, -0.2) is 21.8 Å². The number of hydrogen-bond donors (Lipinski definition) is 1. The Morgan fingerprint density at radius 3 is 2.58 bits per heavy atom. The number of thiocarbonyl (C=S) groups is 1. The molecular formula is C26H26N4O2S. The first kappa shape index (κ1) is 21.3. The van der Waals surface area contributed by atoms with Crippen LogP contribution in [0.5, 0.6) is 5.75 Å². The number of ether oxygens (including phenoxy) is 1.